The van der Waals surface area contributed by atoms with Gasteiger partial charge in [0.1, 0.15) is 6.61 Å². The van der Waals surface area contributed by atoms with Gasteiger partial charge in [0.05, 0.1) is 0 Å². The zero-order valence-electron chi connectivity index (χ0n) is 9.71. The van der Waals surface area contributed by atoms with Crippen LogP contribution in [0.4, 0.5) is 8.78 Å². The molecule has 0 aliphatic rings. The van der Waals surface area contributed by atoms with Crippen molar-refractivity contribution in [3.8, 4) is 5.75 Å². The summed E-state index contributed by atoms with van der Waals surface area (Å²) >= 11 is 3.02. The largest absolute Gasteiger partial charge is 0.483 e. The molecule has 0 aliphatic heterocycles. The van der Waals surface area contributed by atoms with Crippen molar-refractivity contribution in [1.29, 1.82) is 0 Å². The summed E-state index contributed by atoms with van der Waals surface area (Å²) in [6, 6.07) is 9.91. The molecular weight excluding hydrogens is 302 g/mol. The van der Waals surface area contributed by atoms with E-state index in [1.54, 1.807) is 0 Å². The molecular formula is C14H11BrF2O. The molecule has 0 atom stereocenters. The van der Waals surface area contributed by atoms with Crippen molar-refractivity contribution in [3.05, 3.63) is 63.6 Å². The van der Waals surface area contributed by atoms with Crippen molar-refractivity contribution >= 4 is 15.9 Å². The topological polar surface area (TPSA) is 9.23 Å². The van der Waals surface area contributed by atoms with Crippen molar-refractivity contribution in [3.63, 3.8) is 0 Å². The van der Waals surface area contributed by atoms with E-state index in [2.05, 4.69) is 15.9 Å². The van der Waals surface area contributed by atoms with Crippen LogP contribution in [0.5, 0.6) is 5.75 Å². The van der Waals surface area contributed by atoms with E-state index in [1.165, 1.54) is 12.1 Å². The van der Waals surface area contributed by atoms with Gasteiger partial charge in [0.15, 0.2) is 17.4 Å². The number of benzene rings is 2. The van der Waals surface area contributed by atoms with Crippen molar-refractivity contribution in [2.75, 3.05) is 0 Å². The molecule has 18 heavy (non-hydrogen) atoms. The van der Waals surface area contributed by atoms with Crippen LogP contribution in [0.3, 0.4) is 0 Å². The van der Waals surface area contributed by atoms with Crippen LogP contribution >= 0.6 is 15.9 Å². The van der Waals surface area contributed by atoms with E-state index in [1.807, 2.05) is 31.2 Å². The van der Waals surface area contributed by atoms with Crippen LogP contribution in [0.25, 0.3) is 0 Å². The van der Waals surface area contributed by atoms with Crippen LogP contribution in [0.2, 0.25) is 0 Å². The molecule has 0 fully saturated rings. The van der Waals surface area contributed by atoms with E-state index in [4.69, 9.17) is 4.74 Å². The van der Waals surface area contributed by atoms with E-state index < -0.39 is 11.6 Å². The van der Waals surface area contributed by atoms with Crippen molar-refractivity contribution in [2.24, 2.45) is 0 Å². The van der Waals surface area contributed by atoms with E-state index in [0.717, 1.165) is 11.1 Å². The summed E-state index contributed by atoms with van der Waals surface area (Å²) < 4.78 is 32.6. The fraction of sp³-hybridized carbons (Fsp3) is 0.143. The Morgan fingerprint density at radius 1 is 1.11 bits per heavy atom. The van der Waals surface area contributed by atoms with Crippen molar-refractivity contribution < 1.29 is 13.5 Å². The fourth-order valence-corrected chi connectivity index (χ4v) is 1.99. The Morgan fingerprint density at radius 2 is 1.72 bits per heavy atom. The first-order chi connectivity index (χ1) is 8.58. The van der Waals surface area contributed by atoms with Crippen molar-refractivity contribution in [2.45, 2.75) is 13.5 Å². The molecule has 0 bridgehead atoms. The standard InChI is InChI=1S/C14H11BrF2O/c1-9-4-2-3-5-10(9)8-18-14-12(16)6-11(15)7-13(14)17/h2-7H,8H2,1H3. The summed E-state index contributed by atoms with van der Waals surface area (Å²) in [5.41, 5.74) is 1.93. The number of rotatable bonds is 3. The molecule has 0 amide bonds. The van der Waals surface area contributed by atoms with E-state index in [9.17, 15) is 8.78 Å². The van der Waals surface area contributed by atoms with Gasteiger partial charge in [-0.1, -0.05) is 40.2 Å². The van der Waals surface area contributed by atoms with Gasteiger partial charge >= 0.3 is 0 Å². The maximum atomic E-state index is 13.5. The second-order valence-corrected chi connectivity index (χ2v) is 4.83. The average Bonchev–Trinajstić information content (AvgIpc) is 2.30. The lowest BCUT2D eigenvalue weighted by Crippen LogP contribution is -2.01. The summed E-state index contributed by atoms with van der Waals surface area (Å²) in [6.07, 6.45) is 0. The minimum absolute atomic E-state index is 0.141. The molecule has 1 nitrogen and oxygen atoms in total. The van der Waals surface area contributed by atoms with Crippen LogP contribution < -0.4 is 4.74 Å². The van der Waals surface area contributed by atoms with Crippen LogP contribution in [-0.2, 0) is 6.61 Å². The maximum Gasteiger partial charge on any atom is 0.191 e. The Balaban J connectivity index is 2.19. The van der Waals surface area contributed by atoms with Gasteiger partial charge in [-0.2, -0.15) is 0 Å². The van der Waals surface area contributed by atoms with Crippen LogP contribution in [-0.4, -0.2) is 0 Å². The molecule has 2 rings (SSSR count). The number of aryl methyl sites for hydroxylation is 1. The summed E-state index contributed by atoms with van der Waals surface area (Å²) in [7, 11) is 0. The first kappa shape index (κ1) is 13.0. The minimum Gasteiger partial charge on any atom is -0.483 e. The van der Waals surface area contributed by atoms with Gasteiger partial charge in [-0.3, -0.25) is 0 Å². The zero-order valence-corrected chi connectivity index (χ0v) is 11.3. The third-order valence-corrected chi connectivity index (χ3v) is 3.05. The first-order valence-corrected chi connectivity index (χ1v) is 6.19. The molecule has 0 saturated heterocycles. The molecule has 0 aliphatic carbocycles. The van der Waals surface area contributed by atoms with E-state index >= 15 is 0 Å². The van der Waals surface area contributed by atoms with E-state index in [0.29, 0.717) is 4.47 Å². The molecule has 0 heterocycles. The number of halogens is 3. The second kappa shape index (κ2) is 5.48. The summed E-state index contributed by atoms with van der Waals surface area (Å²) in [5.74, 6) is -1.77. The Hall–Kier alpha value is -1.42. The molecule has 4 heteroatoms. The van der Waals surface area contributed by atoms with Gasteiger partial charge in [-0.05, 0) is 30.2 Å². The lowest BCUT2D eigenvalue weighted by atomic mass is 10.1. The summed E-state index contributed by atoms with van der Waals surface area (Å²) in [5, 5.41) is 0. The van der Waals surface area contributed by atoms with Gasteiger partial charge in [-0.25, -0.2) is 8.78 Å². The predicted molar refractivity (Wildman–Crippen MR) is 69.6 cm³/mol. The Kier molecular flexibility index (Phi) is 3.97. The molecule has 0 radical (unpaired) electrons. The molecule has 0 saturated carbocycles. The van der Waals surface area contributed by atoms with Gasteiger partial charge in [0, 0.05) is 4.47 Å². The molecule has 0 N–H and O–H groups in total. The lowest BCUT2D eigenvalue weighted by Gasteiger charge is -2.10. The first-order valence-electron chi connectivity index (χ1n) is 5.40. The normalized spacial score (nSPS) is 10.4. The fourth-order valence-electron chi connectivity index (χ4n) is 1.59. The van der Waals surface area contributed by atoms with Gasteiger partial charge in [-0.15, -0.1) is 0 Å². The third kappa shape index (κ3) is 2.88. The highest BCUT2D eigenvalue weighted by Gasteiger charge is 2.12. The number of hydrogen-bond donors (Lipinski definition) is 0. The Labute approximate surface area is 113 Å². The summed E-state index contributed by atoms with van der Waals surface area (Å²) in [4.78, 5) is 0. The second-order valence-electron chi connectivity index (χ2n) is 3.91. The molecule has 0 aromatic heterocycles. The van der Waals surface area contributed by atoms with Crippen LogP contribution in [0.15, 0.2) is 40.9 Å². The highest BCUT2D eigenvalue weighted by molar-refractivity contribution is 9.10. The Bertz CT molecular complexity index is 546. The minimum atomic E-state index is -0.713. The van der Waals surface area contributed by atoms with Crippen LogP contribution in [0.1, 0.15) is 11.1 Å². The third-order valence-electron chi connectivity index (χ3n) is 2.60. The smallest absolute Gasteiger partial charge is 0.191 e. The van der Waals surface area contributed by atoms with Gasteiger partial charge in [0.25, 0.3) is 0 Å². The van der Waals surface area contributed by atoms with Crippen molar-refractivity contribution in [1.82, 2.24) is 0 Å². The van der Waals surface area contributed by atoms with Crippen LogP contribution in [0, 0.1) is 18.6 Å². The zero-order chi connectivity index (χ0) is 13.1. The molecule has 0 unspecified atom stereocenters. The monoisotopic (exact) mass is 312 g/mol. The molecule has 2 aromatic carbocycles. The maximum absolute atomic E-state index is 13.5. The Morgan fingerprint density at radius 3 is 2.33 bits per heavy atom. The predicted octanol–water partition coefficient (Wildman–Crippen LogP) is 4.61. The highest BCUT2D eigenvalue weighted by Crippen LogP contribution is 2.26. The summed E-state index contributed by atoms with van der Waals surface area (Å²) in [6.45, 7) is 2.06. The molecule has 2 aromatic rings. The number of hydrogen-bond acceptors (Lipinski definition) is 1. The highest BCUT2D eigenvalue weighted by atomic mass is 79.9. The van der Waals surface area contributed by atoms with Gasteiger partial charge in [0.2, 0.25) is 0 Å². The molecule has 94 valence electrons. The van der Waals surface area contributed by atoms with E-state index in [-0.39, 0.29) is 12.4 Å². The quantitative estimate of drug-likeness (QED) is 0.804. The number of ether oxygens (including phenoxy) is 1. The van der Waals surface area contributed by atoms with Gasteiger partial charge < -0.3 is 4.74 Å². The lowest BCUT2D eigenvalue weighted by molar-refractivity contribution is 0.273. The molecule has 0 spiro atoms. The average molecular weight is 313 g/mol. The SMILES string of the molecule is Cc1ccccc1COc1c(F)cc(Br)cc1F.